The fraction of sp³-hybridized carbons (Fsp3) is 0.0714. The molecule has 0 aliphatic heterocycles. The summed E-state index contributed by atoms with van der Waals surface area (Å²) in [6, 6.07) is 11.5. The molecule has 0 spiro atoms. The van der Waals surface area contributed by atoms with Gasteiger partial charge in [0.25, 0.3) is 0 Å². The van der Waals surface area contributed by atoms with Crippen LogP contribution in [0, 0.1) is 0 Å². The Balaban J connectivity index is 2.15. The smallest absolute Gasteiger partial charge is 0.172 e. The van der Waals surface area contributed by atoms with Gasteiger partial charge in [-0.1, -0.05) is 12.1 Å². The summed E-state index contributed by atoms with van der Waals surface area (Å²) in [6.45, 7) is 0. The zero-order valence-corrected chi connectivity index (χ0v) is 11.0. The first-order valence-electron chi connectivity index (χ1n) is 6.18. The number of hydrazine groups is 1. The molecule has 0 radical (unpaired) electrons. The van der Waals surface area contributed by atoms with Gasteiger partial charge in [0.15, 0.2) is 11.6 Å². The molecule has 3 N–H and O–H groups in total. The quantitative estimate of drug-likeness (QED) is 0.558. The van der Waals surface area contributed by atoms with Gasteiger partial charge in [-0.3, -0.25) is 0 Å². The topological polar surface area (TPSA) is 80.0 Å². The Hall–Kier alpha value is -2.73. The molecule has 0 aliphatic rings. The van der Waals surface area contributed by atoms with Crippen molar-refractivity contribution < 1.29 is 0 Å². The number of nitrogens with one attached hydrogen (secondary N) is 1. The molecule has 0 saturated carbocycles. The molecule has 1 aromatic carbocycles. The fourth-order valence-electron chi connectivity index (χ4n) is 2.07. The van der Waals surface area contributed by atoms with Crippen molar-refractivity contribution in [2.75, 3.05) is 17.4 Å². The number of anilines is 3. The normalized spacial score (nSPS) is 10.5. The molecule has 0 fully saturated rings. The molecule has 3 aromatic rings. The Labute approximate surface area is 116 Å². The molecule has 2 aromatic heterocycles. The summed E-state index contributed by atoms with van der Waals surface area (Å²) in [6.07, 6.45) is 3.19. The van der Waals surface area contributed by atoms with Crippen LogP contribution in [0.1, 0.15) is 0 Å². The average molecular weight is 266 g/mol. The fourth-order valence-corrected chi connectivity index (χ4v) is 2.07. The largest absolute Gasteiger partial charge is 0.385 e. The van der Waals surface area contributed by atoms with Crippen molar-refractivity contribution in [2.24, 2.45) is 5.84 Å². The third kappa shape index (κ3) is 2.02. The summed E-state index contributed by atoms with van der Waals surface area (Å²) in [5.74, 6) is 7.43. The molecule has 2 heterocycles. The number of aromatic nitrogens is 3. The van der Waals surface area contributed by atoms with E-state index in [1.54, 1.807) is 6.20 Å². The standard InChI is InChI=1S/C14H14N6/c1-16-12-7-4-8-17-14(12)20(15)13-10-5-2-3-6-11(10)18-9-19-13/h2-9,16H,15H2,1H3. The predicted molar refractivity (Wildman–Crippen MR) is 79.6 cm³/mol. The molecule has 0 unspecified atom stereocenters. The van der Waals surface area contributed by atoms with Crippen LogP contribution in [0.5, 0.6) is 0 Å². The molecule has 0 amide bonds. The highest BCUT2D eigenvalue weighted by molar-refractivity contribution is 5.91. The van der Waals surface area contributed by atoms with Gasteiger partial charge in [-0.2, -0.15) is 0 Å². The third-order valence-electron chi connectivity index (χ3n) is 3.03. The zero-order valence-electron chi connectivity index (χ0n) is 11.0. The van der Waals surface area contributed by atoms with Crippen LogP contribution >= 0.6 is 0 Å². The van der Waals surface area contributed by atoms with Crippen LogP contribution in [-0.4, -0.2) is 22.0 Å². The van der Waals surface area contributed by atoms with Gasteiger partial charge < -0.3 is 5.32 Å². The summed E-state index contributed by atoms with van der Waals surface area (Å²) < 4.78 is 0. The molecule has 0 atom stereocenters. The van der Waals surface area contributed by atoms with E-state index in [9.17, 15) is 0 Å². The van der Waals surface area contributed by atoms with Gasteiger partial charge >= 0.3 is 0 Å². The molecule has 3 rings (SSSR count). The number of benzene rings is 1. The van der Waals surface area contributed by atoms with Crippen LogP contribution in [0.2, 0.25) is 0 Å². The number of para-hydroxylation sites is 1. The van der Waals surface area contributed by atoms with Crippen LogP contribution in [0.15, 0.2) is 48.9 Å². The second-order valence-corrected chi connectivity index (χ2v) is 4.21. The maximum Gasteiger partial charge on any atom is 0.172 e. The lowest BCUT2D eigenvalue weighted by Gasteiger charge is -2.20. The maximum atomic E-state index is 6.20. The number of nitrogens with zero attached hydrogens (tertiary/aromatic N) is 4. The van der Waals surface area contributed by atoms with Crippen LogP contribution in [0.25, 0.3) is 10.9 Å². The number of hydrogen-bond donors (Lipinski definition) is 2. The molecule has 6 heteroatoms. The van der Waals surface area contributed by atoms with Gasteiger partial charge in [-0.15, -0.1) is 0 Å². The van der Waals surface area contributed by atoms with Gasteiger partial charge in [0.1, 0.15) is 6.33 Å². The lowest BCUT2D eigenvalue weighted by atomic mass is 10.2. The molecular weight excluding hydrogens is 252 g/mol. The van der Waals surface area contributed by atoms with E-state index >= 15 is 0 Å². The van der Waals surface area contributed by atoms with Crippen molar-refractivity contribution in [2.45, 2.75) is 0 Å². The molecular formula is C14H14N6. The maximum absolute atomic E-state index is 6.20. The molecule has 0 bridgehead atoms. The second kappa shape index (κ2) is 5.10. The minimum Gasteiger partial charge on any atom is -0.385 e. The number of nitrogens with two attached hydrogens (primary N) is 1. The van der Waals surface area contributed by atoms with Gasteiger partial charge in [0.2, 0.25) is 0 Å². The molecule has 20 heavy (non-hydrogen) atoms. The molecule has 6 nitrogen and oxygen atoms in total. The van der Waals surface area contributed by atoms with Crippen LogP contribution in [0.4, 0.5) is 17.3 Å². The Bertz CT molecular complexity index is 737. The Morgan fingerprint density at radius 1 is 1.00 bits per heavy atom. The van der Waals surface area contributed by atoms with Gasteiger partial charge in [-0.25, -0.2) is 25.8 Å². The molecule has 0 aliphatic carbocycles. The minimum atomic E-state index is 0.610. The van der Waals surface area contributed by atoms with Crippen molar-refractivity contribution in [3.05, 3.63) is 48.9 Å². The first-order valence-corrected chi connectivity index (χ1v) is 6.18. The van der Waals surface area contributed by atoms with E-state index < -0.39 is 0 Å². The molecule has 0 saturated heterocycles. The van der Waals surface area contributed by atoms with E-state index in [0.29, 0.717) is 11.6 Å². The molecule has 100 valence electrons. The van der Waals surface area contributed by atoms with Crippen LogP contribution < -0.4 is 16.2 Å². The summed E-state index contributed by atoms with van der Waals surface area (Å²) in [5, 5.41) is 5.41. The van der Waals surface area contributed by atoms with Crippen molar-refractivity contribution >= 4 is 28.2 Å². The van der Waals surface area contributed by atoms with Crippen molar-refractivity contribution in [3.63, 3.8) is 0 Å². The third-order valence-corrected chi connectivity index (χ3v) is 3.03. The average Bonchev–Trinajstić information content (AvgIpc) is 2.53. The predicted octanol–water partition coefficient (Wildman–Crippen LogP) is 2.08. The summed E-state index contributed by atoms with van der Waals surface area (Å²) >= 11 is 0. The highest BCUT2D eigenvalue weighted by Crippen LogP contribution is 2.29. The minimum absolute atomic E-state index is 0.610. The zero-order chi connectivity index (χ0) is 13.9. The lowest BCUT2D eigenvalue weighted by Crippen LogP contribution is -2.28. The first kappa shape index (κ1) is 12.3. The van der Waals surface area contributed by atoms with E-state index in [-0.39, 0.29) is 0 Å². The summed E-state index contributed by atoms with van der Waals surface area (Å²) in [5.41, 5.74) is 1.67. The summed E-state index contributed by atoms with van der Waals surface area (Å²) in [4.78, 5) is 12.8. The number of hydrogen-bond acceptors (Lipinski definition) is 6. The van der Waals surface area contributed by atoms with E-state index in [1.165, 1.54) is 11.3 Å². The SMILES string of the molecule is CNc1cccnc1N(N)c1ncnc2ccccc12. The first-order chi connectivity index (χ1) is 9.81. The second-order valence-electron chi connectivity index (χ2n) is 4.21. The van der Waals surface area contributed by atoms with Crippen molar-refractivity contribution in [3.8, 4) is 0 Å². The van der Waals surface area contributed by atoms with Gasteiger partial charge in [0, 0.05) is 18.6 Å². The van der Waals surface area contributed by atoms with Crippen LogP contribution in [-0.2, 0) is 0 Å². The highest BCUT2D eigenvalue weighted by atomic mass is 15.5. The van der Waals surface area contributed by atoms with Crippen molar-refractivity contribution in [1.29, 1.82) is 0 Å². The van der Waals surface area contributed by atoms with Crippen molar-refractivity contribution in [1.82, 2.24) is 15.0 Å². The van der Waals surface area contributed by atoms with Gasteiger partial charge in [0.05, 0.1) is 11.2 Å². The number of rotatable bonds is 3. The van der Waals surface area contributed by atoms with E-state index in [1.807, 2.05) is 43.4 Å². The number of pyridine rings is 1. The Kier molecular flexibility index (Phi) is 3.14. The monoisotopic (exact) mass is 266 g/mol. The van der Waals surface area contributed by atoms with Gasteiger partial charge in [-0.05, 0) is 24.3 Å². The Morgan fingerprint density at radius 2 is 1.85 bits per heavy atom. The highest BCUT2D eigenvalue weighted by Gasteiger charge is 2.14. The lowest BCUT2D eigenvalue weighted by molar-refractivity contribution is 0.999. The number of fused-ring (bicyclic) bond motifs is 1. The Morgan fingerprint density at radius 3 is 2.70 bits per heavy atom. The summed E-state index contributed by atoms with van der Waals surface area (Å²) in [7, 11) is 1.83. The van der Waals surface area contributed by atoms with E-state index in [4.69, 9.17) is 5.84 Å². The van der Waals surface area contributed by atoms with Crippen LogP contribution in [0.3, 0.4) is 0 Å². The van der Waals surface area contributed by atoms with E-state index in [0.717, 1.165) is 16.6 Å². The van der Waals surface area contributed by atoms with E-state index in [2.05, 4.69) is 20.3 Å².